The van der Waals surface area contributed by atoms with Crippen LogP contribution in [-0.2, 0) is 16.1 Å². The summed E-state index contributed by atoms with van der Waals surface area (Å²) in [4.78, 5) is 26.8. The van der Waals surface area contributed by atoms with Gasteiger partial charge in [-0.2, -0.15) is 0 Å². The predicted molar refractivity (Wildman–Crippen MR) is 102 cm³/mol. The Balaban J connectivity index is 1.71. The second kappa shape index (κ2) is 9.80. The van der Waals surface area contributed by atoms with E-state index in [9.17, 15) is 14.0 Å². The van der Waals surface area contributed by atoms with Gasteiger partial charge in [0, 0.05) is 18.5 Å². The van der Waals surface area contributed by atoms with E-state index in [0.717, 1.165) is 38.2 Å². The number of carbonyl (C=O) groups excluding carboxylic acids is 2. The fourth-order valence-corrected chi connectivity index (χ4v) is 3.33. The molecule has 0 bridgehead atoms. The van der Waals surface area contributed by atoms with Gasteiger partial charge in [0.25, 0.3) is 11.8 Å². The molecule has 1 fully saturated rings. The molecule has 150 valence electrons. The second-order valence-electron chi connectivity index (χ2n) is 8.41. The average molecular weight is 381 g/mol. The van der Waals surface area contributed by atoms with Crippen LogP contribution >= 0.6 is 0 Å². The first-order valence-electron chi connectivity index (χ1n) is 9.70. The van der Waals surface area contributed by atoms with Crippen LogP contribution < -0.4 is 20.4 Å². The fourth-order valence-electron chi connectivity index (χ4n) is 3.33. The minimum Gasteiger partial charge on any atom is -0.347 e. The molecule has 4 N–H and O–H groups in total. The van der Waals surface area contributed by atoms with Crippen LogP contribution in [0.5, 0.6) is 0 Å². The van der Waals surface area contributed by atoms with E-state index in [0.29, 0.717) is 19.6 Å². The standard InChI is InChI=1S/C20H31FN4O2/c1-20(2,3)23-19(27)15-25-10-4-9-24(11-12-25)14-18(26)22-13-16-5-7-17(21)8-6-16/h5-8H,4,9-15H2,1-3H3,(H,22,26)(H,23,27)/p+2. The van der Waals surface area contributed by atoms with Crippen LogP contribution in [-0.4, -0.2) is 56.6 Å². The molecule has 0 saturated carbocycles. The molecular formula is C20H33FN4O2+2. The van der Waals surface area contributed by atoms with Crippen molar-refractivity contribution in [3.63, 3.8) is 0 Å². The Bertz CT molecular complexity index is 628. The molecule has 1 aliphatic heterocycles. The van der Waals surface area contributed by atoms with Crippen LogP contribution in [0, 0.1) is 5.82 Å². The Morgan fingerprint density at radius 1 is 0.963 bits per heavy atom. The molecule has 2 atom stereocenters. The molecule has 2 rings (SSSR count). The van der Waals surface area contributed by atoms with Gasteiger partial charge in [-0.1, -0.05) is 12.1 Å². The second-order valence-corrected chi connectivity index (χ2v) is 8.41. The van der Waals surface area contributed by atoms with E-state index < -0.39 is 0 Å². The SMILES string of the molecule is CC(C)(C)NC(=O)C[NH+]1CCC[NH+](CC(=O)NCc2ccc(F)cc2)CC1. The third-order valence-electron chi connectivity index (χ3n) is 4.63. The summed E-state index contributed by atoms with van der Waals surface area (Å²) in [6.07, 6.45) is 0.999. The van der Waals surface area contributed by atoms with Crippen molar-refractivity contribution < 1.29 is 23.8 Å². The molecular weight excluding hydrogens is 347 g/mol. The van der Waals surface area contributed by atoms with E-state index in [1.807, 2.05) is 20.8 Å². The summed E-state index contributed by atoms with van der Waals surface area (Å²) in [5.41, 5.74) is 0.679. The average Bonchev–Trinajstić information content (AvgIpc) is 2.78. The lowest BCUT2D eigenvalue weighted by Crippen LogP contribution is -3.18. The van der Waals surface area contributed by atoms with Crippen molar-refractivity contribution in [3.05, 3.63) is 35.6 Å². The first-order valence-corrected chi connectivity index (χ1v) is 9.70. The number of carbonyl (C=O) groups is 2. The minimum atomic E-state index is -0.276. The largest absolute Gasteiger partial charge is 0.347 e. The van der Waals surface area contributed by atoms with Crippen molar-refractivity contribution >= 4 is 11.8 Å². The van der Waals surface area contributed by atoms with Gasteiger partial charge in [-0.3, -0.25) is 9.59 Å². The van der Waals surface area contributed by atoms with Gasteiger partial charge in [-0.15, -0.1) is 0 Å². The number of nitrogens with one attached hydrogen (secondary N) is 4. The molecule has 1 aromatic rings. The maximum atomic E-state index is 12.9. The number of hydrogen-bond donors (Lipinski definition) is 4. The zero-order valence-electron chi connectivity index (χ0n) is 16.7. The van der Waals surface area contributed by atoms with E-state index in [1.165, 1.54) is 21.9 Å². The molecule has 0 aromatic heterocycles. The Labute approximate surface area is 161 Å². The maximum Gasteiger partial charge on any atom is 0.275 e. The highest BCUT2D eigenvalue weighted by Crippen LogP contribution is 2.01. The van der Waals surface area contributed by atoms with Crippen LogP contribution in [0.15, 0.2) is 24.3 Å². The quantitative estimate of drug-likeness (QED) is 0.487. The summed E-state index contributed by atoms with van der Waals surface area (Å²) in [5, 5.41) is 5.91. The fraction of sp³-hybridized carbons (Fsp3) is 0.600. The highest BCUT2D eigenvalue weighted by molar-refractivity contribution is 5.77. The summed E-state index contributed by atoms with van der Waals surface area (Å²) in [5.74, 6) is -0.191. The van der Waals surface area contributed by atoms with E-state index in [2.05, 4.69) is 10.6 Å². The molecule has 0 aliphatic carbocycles. The monoisotopic (exact) mass is 380 g/mol. The van der Waals surface area contributed by atoms with Gasteiger partial charge in [0.05, 0.1) is 13.1 Å². The lowest BCUT2D eigenvalue weighted by Gasteiger charge is -2.22. The molecule has 27 heavy (non-hydrogen) atoms. The number of quaternary nitrogens is 2. The van der Waals surface area contributed by atoms with Crippen LogP contribution in [0.4, 0.5) is 4.39 Å². The van der Waals surface area contributed by atoms with Gasteiger partial charge in [0.2, 0.25) is 0 Å². The van der Waals surface area contributed by atoms with Crippen molar-refractivity contribution in [2.24, 2.45) is 0 Å². The van der Waals surface area contributed by atoms with Gasteiger partial charge in [-0.25, -0.2) is 4.39 Å². The Morgan fingerprint density at radius 2 is 1.52 bits per heavy atom. The number of halogens is 1. The van der Waals surface area contributed by atoms with Crippen LogP contribution in [0.25, 0.3) is 0 Å². The Kier molecular flexibility index (Phi) is 7.74. The summed E-state index contributed by atoms with van der Waals surface area (Å²) in [6, 6.07) is 6.15. The molecule has 0 radical (unpaired) electrons. The summed E-state index contributed by atoms with van der Waals surface area (Å²) >= 11 is 0. The maximum absolute atomic E-state index is 12.9. The lowest BCUT2D eigenvalue weighted by molar-refractivity contribution is -0.930. The molecule has 2 amide bonds. The van der Waals surface area contributed by atoms with E-state index in [-0.39, 0.29) is 23.2 Å². The topological polar surface area (TPSA) is 67.1 Å². The Morgan fingerprint density at radius 3 is 2.07 bits per heavy atom. The zero-order chi connectivity index (χ0) is 19.9. The van der Waals surface area contributed by atoms with Crippen LogP contribution in [0.1, 0.15) is 32.8 Å². The third-order valence-corrected chi connectivity index (χ3v) is 4.63. The molecule has 6 nitrogen and oxygen atoms in total. The first kappa shape index (κ1) is 21.3. The molecule has 0 spiro atoms. The smallest absolute Gasteiger partial charge is 0.275 e. The number of rotatable bonds is 6. The highest BCUT2D eigenvalue weighted by Gasteiger charge is 2.25. The Hall–Kier alpha value is -1.99. The molecule has 1 aliphatic rings. The molecule has 1 saturated heterocycles. The third kappa shape index (κ3) is 8.49. The van der Waals surface area contributed by atoms with Gasteiger partial charge in [0.15, 0.2) is 13.1 Å². The number of amides is 2. The van der Waals surface area contributed by atoms with Crippen molar-refractivity contribution in [2.75, 3.05) is 39.3 Å². The van der Waals surface area contributed by atoms with Crippen molar-refractivity contribution in [1.29, 1.82) is 0 Å². The molecule has 1 aromatic carbocycles. The van der Waals surface area contributed by atoms with Crippen molar-refractivity contribution in [2.45, 2.75) is 39.3 Å². The van der Waals surface area contributed by atoms with Gasteiger partial charge < -0.3 is 20.4 Å². The number of benzene rings is 1. The number of hydrogen-bond acceptors (Lipinski definition) is 2. The van der Waals surface area contributed by atoms with Gasteiger partial charge >= 0.3 is 0 Å². The zero-order valence-corrected chi connectivity index (χ0v) is 16.7. The lowest BCUT2D eigenvalue weighted by atomic mass is 10.1. The first-order chi connectivity index (χ1) is 12.7. The van der Waals surface area contributed by atoms with E-state index in [1.54, 1.807) is 12.1 Å². The van der Waals surface area contributed by atoms with Crippen molar-refractivity contribution in [1.82, 2.24) is 10.6 Å². The van der Waals surface area contributed by atoms with Gasteiger partial charge in [0.1, 0.15) is 18.9 Å². The van der Waals surface area contributed by atoms with Crippen LogP contribution in [0.3, 0.4) is 0 Å². The normalized spacial score (nSPS) is 20.6. The van der Waals surface area contributed by atoms with Gasteiger partial charge in [-0.05, 0) is 38.5 Å². The minimum absolute atomic E-state index is 0.00301. The molecule has 1 heterocycles. The van der Waals surface area contributed by atoms with E-state index in [4.69, 9.17) is 0 Å². The van der Waals surface area contributed by atoms with Crippen LogP contribution in [0.2, 0.25) is 0 Å². The molecule has 7 heteroatoms. The highest BCUT2D eigenvalue weighted by atomic mass is 19.1. The molecule has 2 unspecified atom stereocenters. The van der Waals surface area contributed by atoms with E-state index >= 15 is 0 Å². The summed E-state index contributed by atoms with van der Waals surface area (Å²) in [7, 11) is 0. The summed E-state index contributed by atoms with van der Waals surface area (Å²) in [6.45, 7) is 10.9. The van der Waals surface area contributed by atoms with Crippen molar-refractivity contribution in [3.8, 4) is 0 Å². The predicted octanol–water partition coefficient (Wildman–Crippen LogP) is -1.47. The summed E-state index contributed by atoms with van der Waals surface area (Å²) < 4.78 is 12.9.